The molecule has 0 bridgehead atoms. The molecule has 1 aliphatic carbocycles. The maximum Gasteiger partial charge on any atom is 0.253 e. The highest BCUT2D eigenvalue weighted by Crippen LogP contribution is 2.31. The summed E-state index contributed by atoms with van der Waals surface area (Å²) in [5.74, 6) is -1.46. The summed E-state index contributed by atoms with van der Waals surface area (Å²) < 4.78 is 0. The number of hydrogen-bond donors (Lipinski definition) is 2. The van der Waals surface area contributed by atoms with Gasteiger partial charge < -0.3 is 10.6 Å². The number of hydrogen-bond acceptors (Lipinski definition) is 4. The quantitative estimate of drug-likeness (QED) is 0.556. The number of para-hydroxylation sites is 1. The summed E-state index contributed by atoms with van der Waals surface area (Å²) >= 11 is 0. The summed E-state index contributed by atoms with van der Waals surface area (Å²) in [4.78, 5) is 39.2. The van der Waals surface area contributed by atoms with Crippen molar-refractivity contribution in [2.24, 2.45) is 0 Å². The van der Waals surface area contributed by atoms with Crippen molar-refractivity contribution in [1.82, 2.24) is 5.32 Å². The Kier molecular flexibility index (Phi) is 4.05. The average Bonchev–Trinajstić information content (AvgIpc) is 2.92. The highest BCUT2D eigenvalue weighted by Gasteiger charge is 2.54. The molecule has 0 fully saturated rings. The lowest BCUT2D eigenvalue weighted by atomic mass is 10.0. The van der Waals surface area contributed by atoms with Crippen molar-refractivity contribution in [1.29, 1.82) is 0 Å². The van der Waals surface area contributed by atoms with Crippen molar-refractivity contribution in [2.45, 2.75) is 5.66 Å². The average molecular weight is 356 g/mol. The van der Waals surface area contributed by atoms with Crippen LogP contribution in [0, 0.1) is 0 Å². The molecule has 132 valence electrons. The van der Waals surface area contributed by atoms with Crippen LogP contribution in [0.3, 0.4) is 0 Å². The van der Waals surface area contributed by atoms with E-state index in [-0.39, 0.29) is 0 Å². The van der Waals surface area contributed by atoms with Crippen LogP contribution in [0.1, 0.15) is 31.1 Å². The summed E-state index contributed by atoms with van der Waals surface area (Å²) in [6.07, 6.45) is 0. The first-order valence-corrected chi connectivity index (χ1v) is 8.51. The number of fused-ring (bicyclic) bond motifs is 1. The molecule has 5 heteroatoms. The van der Waals surface area contributed by atoms with Crippen molar-refractivity contribution >= 4 is 23.2 Å². The van der Waals surface area contributed by atoms with Crippen LogP contribution < -0.4 is 10.6 Å². The Morgan fingerprint density at radius 3 is 1.70 bits per heavy atom. The Morgan fingerprint density at radius 2 is 1.15 bits per heavy atom. The van der Waals surface area contributed by atoms with Gasteiger partial charge in [-0.05, 0) is 24.3 Å². The summed E-state index contributed by atoms with van der Waals surface area (Å²) in [5.41, 5.74) is -0.375. The van der Waals surface area contributed by atoms with Crippen LogP contribution in [0.15, 0.2) is 84.9 Å². The van der Waals surface area contributed by atoms with Gasteiger partial charge >= 0.3 is 0 Å². The Hall–Kier alpha value is -3.73. The predicted octanol–water partition coefficient (Wildman–Crippen LogP) is 3.30. The van der Waals surface area contributed by atoms with Crippen LogP contribution in [0.2, 0.25) is 0 Å². The molecule has 3 aromatic rings. The molecule has 3 aromatic carbocycles. The molecule has 5 nitrogen and oxygen atoms in total. The maximum atomic E-state index is 13.2. The third-order valence-corrected chi connectivity index (χ3v) is 4.54. The van der Waals surface area contributed by atoms with E-state index in [2.05, 4.69) is 10.6 Å². The van der Waals surface area contributed by atoms with Crippen LogP contribution in [-0.4, -0.2) is 23.1 Å². The van der Waals surface area contributed by atoms with Crippen molar-refractivity contribution in [3.8, 4) is 0 Å². The lowest BCUT2D eigenvalue weighted by molar-refractivity contribution is 0.0726. The zero-order valence-electron chi connectivity index (χ0n) is 14.3. The van der Waals surface area contributed by atoms with Gasteiger partial charge in [0.05, 0.1) is 0 Å². The number of carbonyl (C=O) groups is 3. The third kappa shape index (κ3) is 2.79. The molecule has 1 aliphatic rings. The SMILES string of the molecule is O=C(NC1(Nc2ccccc2)C(=O)c2ccccc2C1=O)c1ccccc1. The van der Waals surface area contributed by atoms with Gasteiger partial charge in [-0.25, -0.2) is 0 Å². The van der Waals surface area contributed by atoms with E-state index >= 15 is 0 Å². The van der Waals surface area contributed by atoms with E-state index in [0.717, 1.165) is 0 Å². The van der Waals surface area contributed by atoms with Gasteiger partial charge in [0, 0.05) is 22.4 Å². The molecular weight excluding hydrogens is 340 g/mol. The van der Waals surface area contributed by atoms with Gasteiger partial charge in [-0.15, -0.1) is 0 Å². The van der Waals surface area contributed by atoms with Crippen LogP contribution in [-0.2, 0) is 0 Å². The molecule has 27 heavy (non-hydrogen) atoms. The first-order valence-electron chi connectivity index (χ1n) is 8.51. The molecule has 0 heterocycles. The molecule has 0 aromatic heterocycles. The molecule has 0 aliphatic heterocycles. The second kappa shape index (κ2) is 6.53. The maximum absolute atomic E-state index is 13.2. The zero-order valence-corrected chi connectivity index (χ0v) is 14.3. The van der Waals surface area contributed by atoms with E-state index in [1.165, 1.54) is 0 Å². The number of carbonyl (C=O) groups excluding carboxylic acids is 3. The number of anilines is 1. The number of benzene rings is 3. The Morgan fingerprint density at radius 1 is 0.667 bits per heavy atom. The van der Waals surface area contributed by atoms with Gasteiger partial charge in [-0.1, -0.05) is 60.7 Å². The lowest BCUT2D eigenvalue weighted by Gasteiger charge is -2.29. The largest absolute Gasteiger partial charge is 0.350 e. The van der Waals surface area contributed by atoms with Gasteiger partial charge in [-0.2, -0.15) is 0 Å². The smallest absolute Gasteiger partial charge is 0.253 e. The highest BCUT2D eigenvalue weighted by atomic mass is 16.2. The van der Waals surface area contributed by atoms with Crippen molar-refractivity contribution in [2.75, 3.05) is 5.32 Å². The topological polar surface area (TPSA) is 75.3 Å². The molecule has 2 N–H and O–H groups in total. The number of ketones is 2. The standard InChI is InChI=1S/C22H16N2O3/c25-19-17-13-7-8-14-18(17)20(26)22(19,23-16-11-5-2-6-12-16)24-21(27)15-9-3-1-4-10-15/h1-14,23H,(H,24,27). The molecule has 0 saturated carbocycles. The first-order chi connectivity index (χ1) is 13.1. The molecule has 4 rings (SSSR count). The molecule has 0 atom stereocenters. The molecule has 0 spiro atoms. The van der Waals surface area contributed by atoms with E-state index in [1.807, 2.05) is 6.07 Å². The molecule has 0 saturated heterocycles. The Balaban J connectivity index is 1.78. The third-order valence-electron chi connectivity index (χ3n) is 4.54. The van der Waals surface area contributed by atoms with E-state index in [1.54, 1.807) is 78.9 Å². The van der Waals surface area contributed by atoms with Gasteiger partial charge in [0.1, 0.15) is 0 Å². The normalized spacial score (nSPS) is 14.5. The number of rotatable bonds is 4. The van der Waals surface area contributed by atoms with Gasteiger partial charge in [0.15, 0.2) is 0 Å². The summed E-state index contributed by atoms with van der Waals surface area (Å²) in [6, 6.07) is 23.9. The lowest BCUT2D eigenvalue weighted by Crippen LogP contribution is -2.62. The fourth-order valence-electron chi connectivity index (χ4n) is 3.21. The molecular formula is C22H16N2O3. The van der Waals surface area contributed by atoms with Crippen molar-refractivity contribution < 1.29 is 14.4 Å². The van der Waals surface area contributed by atoms with Gasteiger partial charge in [0.2, 0.25) is 17.2 Å². The van der Waals surface area contributed by atoms with Crippen LogP contribution >= 0.6 is 0 Å². The monoisotopic (exact) mass is 356 g/mol. The molecule has 0 unspecified atom stereocenters. The number of nitrogens with one attached hydrogen (secondary N) is 2. The fraction of sp³-hybridized carbons (Fsp3) is 0.0455. The van der Waals surface area contributed by atoms with Gasteiger partial charge in [0.25, 0.3) is 5.91 Å². The fourth-order valence-corrected chi connectivity index (χ4v) is 3.21. The minimum atomic E-state index is -1.88. The second-order valence-corrected chi connectivity index (χ2v) is 6.27. The van der Waals surface area contributed by atoms with E-state index in [0.29, 0.717) is 22.4 Å². The Bertz CT molecular complexity index is 995. The molecule has 0 radical (unpaired) electrons. The van der Waals surface area contributed by atoms with Gasteiger partial charge in [-0.3, -0.25) is 14.4 Å². The van der Waals surface area contributed by atoms with Crippen LogP contribution in [0.4, 0.5) is 5.69 Å². The Labute approximate surface area is 156 Å². The van der Waals surface area contributed by atoms with Crippen molar-refractivity contribution in [3.63, 3.8) is 0 Å². The number of Topliss-reactive ketones (excluding diaryl/α,β-unsaturated/α-hetero) is 2. The minimum Gasteiger partial charge on any atom is -0.350 e. The molecule has 1 amide bonds. The predicted molar refractivity (Wildman–Crippen MR) is 102 cm³/mol. The summed E-state index contributed by atoms with van der Waals surface area (Å²) in [6.45, 7) is 0. The van der Waals surface area contributed by atoms with E-state index in [4.69, 9.17) is 0 Å². The summed E-state index contributed by atoms with van der Waals surface area (Å²) in [7, 11) is 0. The van der Waals surface area contributed by atoms with Crippen molar-refractivity contribution in [3.05, 3.63) is 102 Å². The number of amides is 1. The first kappa shape index (κ1) is 16.7. The second-order valence-electron chi connectivity index (χ2n) is 6.27. The van der Waals surface area contributed by atoms with E-state index in [9.17, 15) is 14.4 Å². The highest BCUT2D eigenvalue weighted by molar-refractivity contribution is 6.35. The summed E-state index contributed by atoms with van der Waals surface area (Å²) in [5, 5.41) is 5.62. The van der Waals surface area contributed by atoms with E-state index < -0.39 is 23.1 Å². The zero-order chi connectivity index (χ0) is 18.9. The minimum absolute atomic E-state index is 0.291. The van der Waals surface area contributed by atoms with Crippen LogP contribution in [0.25, 0.3) is 0 Å². The van der Waals surface area contributed by atoms with Crippen LogP contribution in [0.5, 0.6) is 0 Å².